The minimum Gasteiger partial charge on any atom is -0.477 e. The fraction of sp³-hybridized carbons (Fsp3) is 0.333. The molecule has 0 unspecified atom stereocenters. The van der Waals surface area contributed by atoms with Crippen LogP contribution in [-0.4, -0.2) is 48.1 Å². The Morgan fingerprint density at radius 1 is 1.17 bits per heavy atom. The molecule has 2 N–H and O–H groups in total. The van der Waals surface area contributed by atoms with Gasteiger partial charge in [0.15, 0.2) is 0 Å². The number of aromatic carboxylic acids is 1. The number of thiophene rings is 1. The summed E-state index contributed by atoms with van der Waals surface area (Å²) in [5, 5.41) is 11.8. The molecule has 3 rings (SSSR count). The van der Waals surface area contributed by atoms with Crippen molar-refractivity contribution in [3.05, 3.63) is 57.8 Å². The maximum absolute atomic E-state index is 12.0. The summed E-state index contributed by atoms with van der Waals surface area (Å²) >= 11 is 1.00. The van der Waals surface area contributed by atoms with E-state index < -0.39 is 5.97 Å². The highest BCUT2D eigenvalue weighted by Crippen LogP contribution is 2.26. The number of carboxylic acid groups (broad SMARTS) is 1. The number of carbonyl (C=O) groups is 2. The molecule has 6 heteroatoms. The van der Waals surface area contributed by atoms with E-state index in [1.54, 1.807) is 6.07 Å². The largest absolute Gasteiger partial charge is 0.477 e. The lowest BCUT2D eigenvalue weighted by atomic mass is 9.99. The molecule has 0 aliphatic carbocycles. The second kappa shape index (κ2) is 7.59. The van der Waals surface area contributed by atoms with Crippen LogP contribution in [-0.2, 0) is 0 Å². The molecule has 1 aromatic heterocycles. The van der Waals surface area contributed by atoms with Gasteiger partial charge >= 0.3 is 5.97 Å². The fourth-order valence-electron chi connectivity index (χ4n) is 3.02. The van der Waals surface area contributed by atoms with E-state index in [0.29, 0.717) is 17.3 Å². The maximum Gasteiger partial charge on any atom is 0.345 e. The van der Waals surface area contributed by atoms with Gasteiger partial charge in [-0.25, -0.2) is 4.79 Å². The van der Waals surface area contributed by atoms with Crippen molar-refractivity contribution in [2.75, 3.05) is 26.2 Å². The quantitative estimate of drug-likeness (QED) is 0.845. The Balaban J connectivity index is 1.43. The number of benzene rings is 1. The van der Waals surface area contributed by atoms with Crippen LogP contribution >= 0.6 is 11.3 Å². The average molecular weight is 344 g/mol. The molecule has 1 atom stereocenters. The van der Waals surface area contributed by atoms with Crippen molar-refractivity contribution in [2.45, 2.75) is 12.3 Å². The van der Waals surface area contributed by atoms with Crippen molar-refractivity contribution in [3.63, 3.8) is 0 Å². The highest BCUT2D eigenvalue weighted by molar-refractivity contribution is 7.15. The summed E-state index contributed by atoms with van der Waals surface area (Å²) in [5.74, 6) is -0.633. The molecule has 0 saturated carbocycles. The van der Waals surface area contributed by atoms with E-state index in [4.69, 9.17) is 5.11 Å². The number of likely N-dealkylation sites (tertiary alicyclic amines) is 1. The Morgan fingerprint density at radius 2 is 1.92 bits per heavy atom. The van der Waals surface area contributed by atoms with Gasteiger partial charge < -0.3 is 15.3 Å². The van der Waals surface area contributed by atoms with Gasteiger partial charge in [0.1, 0.15) is 4.88 Å². The number of hydrogen-bond acceptors (Lipinski definition) is 4. The number of carboxylic acids is 1. The molecule has 1 aromatic carbocycles. The number of carbonyl (C=O) groups excluding carboxylic acids is 1. The molecule has 24 heavy (non-hydrogen) atoms. The third kappa shape index (κ3) is 4.01. The van der Waals surface area contributed by atoms with Crippen LogP contribution in [0.3, 0.4) is 0 Å². The third-order valence-corrected chi connectivity index (χ3v) is 5.37. The van der Waals surface area contributed by atoms with E-state index in [-0.39, 0.29) is 10.8 Å². The van der Waals surface area contributed by atoms with Gasteiger partial charge in [0.25, 0.3) is 5.91 Å². The van der Waals surface area contributed by atoms with Crippen LogP contribution in [0.25, 0.3) is 0 Å². The fourth-order valence-corrected chi connectivity index (χ4v) is 3.78. The lowest BCUT2D eigenvalue weighted by molar-refractivity contribution is 0.0702. The molecule has 0 spiro atoms. The van der Waals surface area contributed by atoms with Gasteiger partial charge in [-0.15, -0.1) is 11.3 Å². The summed E-state index contributed by atoms with van der Waals surface area (Å²) < 4.78 is 0. The first-order valence-electron chi connectivity index (χ1n) is 8.02. The number of rotatable bonds is 6. The molecule has 2 heterocycles. The molecule has 1 fully saturated rings. The molecule has 0 radical (unpaired) electrons. The molecular weight excluding hydrogens is 324 g/mol. The van der Waals surface area contributed by atoms with Gasteiger partial charge in [-0.05, 0) is 36.6 Å². The summed E-state index contributed by atoms with van der Waals surface area (Å²) in [4.78, 5) is 25.9. The zero-order valence-electron chi connectivity index (χ0n) is 13.3. The van der Waals surface area contributed by atoms with Crippen LogP contribution in [0.2, 0.25) is 0 Å². The van der Waals surface area contributed by atoms with Gasteiger partial charge in [0.05, 0.1) is 4.88 Å². The Kier molecular flexibility index (Phi) is 5.27. The highest BCUT2D eigenvalue weighted by atomic mass is 32.1. The van der Waals surface area contributed by atoms with E-state index >= 15 is 0 Å². The molecule has 1 aliphatic rings. The minimum atomic E-state index is -0.997. The molecule has 1 saturated heterocycles. The first kappa shape index (κ1) is 16.7. The van der Waals surface area contributed by atoms with Crippen LogP contribution in [0.4, 0.5) is 0 Å². The molecule has 1 amide bonds. The maximum atomic E-state index is 12.0. The normalized spacial score (nSPS) is 17.8. The average Bonchev–Trinajstić information content (AvgIpc) is 3.25. The number of nitrogens with zero attached hydrogens (tertiary/aromatic N) is 1. The van der Waals surface area contributed by atoms with Crippen LogP contribution in [0.5, 0.6) is 0 Å². The summed E-state index contributed by atoms with van der Waals surface area (Å²) in [6.45, 7) is 3.44. The van der Waals surface area contributed by atoms with Gasteiger partial charge in [-0.3, -0.25) is 4.79 Å². The van der Waals surface area contributed by atoms with Crippen LogP contribution < -0.4 is 5.32 Å². The Hall–Kier alpha value is -2.18. The summed E-state index contributed by atoms with van der Waals surface area (Å²) in [5.41, 5.74) is 1.38. The van der Waals surface area contributed by atoms with Crippen LogP contribution in [0.1, 0.15) is 37.2 Å². The SMILES string of the molecule is O=C(O)c1ccc(C(=O)NCCN2CC[C@H](c3ccccc3)C2)s1. The molecule has 2 aromatic rings. The van der Waals surface area contributed by atoms with Crippen LogP contribution in [0.15, 0.2) is 42.5 Å². The standard InChI is InChI=1S/C18H20N2O3S/c21-17(15-6-7-16(24-15)18(22)23)19-9-11-20-10-8-14(12-20)13-4-2-1-3-5-13/h1-7,14H,8-12H2,(H,19,21)(H,22,23)/t14-/m0/s1. The summed E-state index contributed by atoms with van der Waals surface area (Å²) in [6, 6.07) is 13.6. The molecule has 5 nitrogen and oxygen atoms in total. The number of hydrogen-bond donors (Lipinski definition) is 2. The van der Waals surface area contributed by atoms with E-state index in [1.807, 2.05) is 6.07 Å². The van der Waals surface area contributed by atoms with E-state index in [1.165, 1.54) is 11.6 Å². The minimum absolute atomic E-state index is 0.186. The van der Waals surface area contributed by atoms with Gasteiger partial charge in [0.2, 0.25) is 0 Å². The second-order valence-electron chi connectivity index (χ2n) is 5.92. The van der Waals surface area contributed by atoms with E-state index in [9.17, 15) is 9.59 Å². The molecular formula is C18H20N2O3S. The molecule has 1 aliphatic heterocycles. The van der Waals surface area contributed by atoms with E-state index in [2.05, 4.69) is 34.5 Å². The lowest BCUT2D eigenvalue weighted by Crippen LogP contribution is -2.33. The second-order valence-corrected chi connectivity index (χ2v) is 7.01. The van der Waals surface area contributed by atoms with Crippen molar-refractivity contribution in [2.24, 2.45) is 0 Å². The van der Waals surface area contributed by atoms with Crippen molar-refractivity contribution < 1.29 is 14.7 Å². The van der Waals surface area contributed by atoms with E-state index in [0.717, 1.165) is 37.4 Å². The van der Waals surface area contributed by atoms with Crippen molar-refractivity contribution >= 4 is 23.2 Å². The monoisotopic (exact) mass is 344 g/mol. The number of amides is 1. The van der Waals surface area contributed by atoms with Crippen molar-refractivity contribution in [1.82, 2.24) is 10.2 Å². The van der Waals surface area contributed by atoms with Gasteiger partial charge in [0, 0.05) is 19.6 Å². The van der Waals surface area contributed by atoms with Crippen molar-refractivity contribution in [1.29, 1.82) is 0 Å². The third-order valence-electron chi connectivity index (χ3n) is 4.30. The zero-order valence-corrected chi connectivity index (χ0v) is 14.1. The molecule has 0 bridgehead atoms. The lowest BCUT2D eigenvalue weighted by Gasteiger charge is -2.16. The van der Waals surface area contributed by atoms with Gasteiger partial charge in [-0.2, -0.15) is 0 Å². The summed E-state index contributed by atoms with van der Waals surface area (Å²) in [6.07, 6.45) is 1.14. The first-order chi connectivity index (χ1) is 11.6. The first-order valence-corrected chi connectivity index (χ1v) is 8.84. The predicted molar refractivity (Wildman–Crippen MR) is 93.9 cm³/mol. The Morgan fingerprint density at radius 3 is 2.62 bits per heavy atom. The Bertz CT molecular complexity index is 714. The summed E-state index contributed by atoms with van der Waals surface area (Å²) in [7, 11) is 0. The predicted octanol–water partition coefficient (Wildman–Crippen LogP) is 2.67. The molecule has 126 valence electrons. The zero-order chi connectivity index (χ0) is 16.9. The van der Waals surface area contributed by atoms with Crippen LogP contribution in [0, 0.1) is 0 Å². The van der Waals surface area contributed by atoms with Gasteiger partial charge in [-0.1, -0.05) is 30.3 Å². The smallest absolute Gasteiger partial charge is 0.345 e. The Labute approximate surface area is 144 Å². The van der Waals surface area contributed by atoms with Crippen molar-refractivity contribution in [3.8, 4) is 0 Å². The number of nitrogens with one attached hydrogen (secondary N) is 1. The highest BCUT2D eigenvalue weighted by Gasteiger charge is 2.23. The topological polar surface area (TPSA) is 69.6 Å².